The first-order valence-corrected chi connectivity index (χ1v) is 7.16. The fraction of sp³-hybridized carbons (Fsp3) is 0.500. The molecule has 0 unspecified atom stereocenters. The van der Waals surface area contributed by atoms with Crippen LogP contribution in [0.4, 0.5) is 0 Å². The van der Waals surface area contributed by atoms with Gasteiger partial charge in [0.2, 0.25) is 10.0 Å². The standard InChI is InChI=1S/C12H19NO5S/c1-9(8-16-2)13-19(14,15)12-7-10(17-3)5-6-11(12)18-4/h5-7,9,13H,8H2,1-4H3/t9-/m0/s1. The SMILES string of the molecule is COC[C@H](C)NS(=O)(=O)c1cc(OC)ccc1OC. The number of ether oxygens (including phenoxy) is 3. The van der Waals surface area contributed by atoms with Crippen molar-refractivity contribution in [3.05, 3.63) is 18.2 Å². The minimum atomic E-state index is -3.69. The van der Waals surface area contributed by atoms with Crippen molar-refractivity contribution < 1.29 is 22.6 Å². The Bertz CT molecular complexity index is 515. The summed E-state index contributed by atoms with van der Waals surface area (Å²) in [6.07, 6.45) is 0. The monoisotopic (exact) mass is 289 g/mol. The summed E-state index contributed by atoms with van der Waals surface area (Å²) in [5.41, 5.74) is 0. The van der Waals surface area contributed by atoms with Crippen LogP contribution in [0.5, 0.6) is 11.5 Å². The van der Waals surface area contributed by atoms with Gasteiger partial charge >= 0.3 is 0 Å². The molecule has 19 heavy (non-hydrogen) atoms. The van der Waals surface area contributed by atoms with Crippen molar-refractivity contribution in [2.45, 2.75) is 17.9 Å². The fourth-order valence-corrected chi connectivity index (χ4v) is 3.02. The van der Waals surface area contributed by atoms with E-state index in [9.17, 15) is 8.42 Å². The Hall–Kier alpha value is -1.31. The molecule has 108 valence electrons. The summed E-state index contributed by atoms with van der Waals surface area (Å²) in [5, 5.41) is 0. The van der Waals surface area contributed by atoms with Crippen LogP contribution in [0, 0.1) is 0 Å². The van der Waals surface area contributed by atoms with Gasteiger partial charge in [0.05, 0.1) is 20.8 Å². The molecule has 0 saturated heterocycles. The van der Waals surface area contributed by atoms with Gasteiger partial charge in [-0.15, -0.1) is 0 Å². The molecule has 0 heterocycles. The van der Waals surface area contributed by atoms with E-state index < -0.39 is 10.0 Å². The second-order valence-corrected chi connectivity index (χ2v) is 5.68. The molecule has 0 aliphatic heterocycles. The highest BCUT2D eigenvalue weighted by Crippen LogP contribution is 2.28. The quantitative estimate of drug-likeness (QED) is 0.811. The average molecular weight is 289 g/mol. The highest BCUT2D eigenvalue weighted by molar-refractivity contribution is 7.89. The summed E-state index contributed by atoms with van der Waals surface area (Å²) in [4.78, 5) is 0.0392. The van der Waals surface area contributed by atoms with Crippen LogP contribution in [-0.2, 0) is 14.8 Å². The Morgan fingerprint density at radius 2 is 1.89 bits per heavy atom. The third-order valence-corrected chi connectivity index (χ3v) is 4.04. The molecule has 1 aromatic carbocycles. The van der Waals surface area contributed by atoms with Crippen molar-refractivity contribution in [1.82, 2.24) is 4.72 Å². The molecule has 1 rings (SSSR count). The number of methoxy groups -OCH3 is 3. The second kappa shape index (κ2) is 6.74. The van der Waals surface area contributed by atoms with Gasteiger partial charge < -0.3 is 14.2 Å². The lowest BCUT2D eigenvalue weighted by molar-refractivity contribution is 0.180. The van der Waals surface area contributed by atoms with Crippen molar-refractivity contribution in [1.29, 1.82) is 0 Å². The van der Waals surface area contributed by atoms with Crippen molar-refractivity contribution >= 4 is 10.0 Å². The van der Waals surface area contributed by atoms with Gasteiger partial charge in [0.1, 0.15) is 16.4 Å². The Balaban J connectivity index is 3.11. The molecule has 0 bridgehead atoms. The summed E-state index contributed by atoms with van der Waals surface area (Å²) < 4.78 is 42.0. The maximum atomic E-state index is 12.3. The van der Waals surface area contributed by atoms with Crippen molar-refractivity contribution in [3.63, 3.8) is 0 Å². The second-order valence-electron chi connectivity index (χ2n) is 3.99. The van der Waals surface area contributed by atoms with Crippen LogP contribution in [-0.4, -0.2) is 42.4 Å². The predicted octanol–water partition coefficient (Wildman–Crippen LogP) is 1.02. The highest BCUT2D eigenvalue weighted by atomic mass is 32.2. The maximum absolute atomic E-state index is 12.3. The van der Waals surface area contributed by atoms with Crippen LogP contribution in [0.2, 0.25) is 0 Å². The zero-order valence-electron chi connectivity index (χ0n) is 11.5. The van der Waals surface area contributed by atoms with Crippen LogP contribution in [0.25, 0.3) is 0 Å². The molecule has 1 aromatic rings. The summed E-state index contributed by atoms with van der Waals surface area (Å²) in [7, 11) is 0.706. The summed E-state index contributed by atoms with van der Waals surface area (Å²) in [6, 6.07) is 4.26. The maximum Gasteiger partial charge on any atom is 0.244 e. The average Bonchev–Trinajstić information content (AvgIpc) is 2.37. The molecule has 0 fully saturated rings. The first kappa shape index (κ1) is 15.7. The largest absolute Gasteiger partial charge is 0.497 e. The minimum Gasteiger partial charge on any atom is -0.497 e. The van der Waals surface area contributed by atoms with E-state index in [0.29, 0.717) is 5.75 Å². The molecule has 0 radical (unpaired) electrons. The summed E-state index contributed by atoms with van der Waals surface area (Å²) >= 11 is 0. The van der Waals surface area contributed by atoms with E-state index >= 15 is 0 Å². The van der Waals surface area contributed by atoms with Gasteiger partial charge in [0.25, 0.3) is 0 Å². The minimum absolute atomic E-state index is 0.0392. The topological polar surface area (TPSA) is 73.9 Å². The summed E-state index contributed by atoms with van der Waals surface area (Å²) in [6.45, 7) is 2.00. The zero-order valence-corrected chi connectivity index (χ0v) is 12.3. The molecule has 0 aliphatic carbocycles. The Morgan fingerprint density at radius 1 is 1.21 bits per heavy atom. The molecule has 7 heteroatoms. The molecule has 0 aromatic heterocycles. The van der Waals surface area contributed by atoms with E-state index in [0.717, 1.165) is 0 Å². The molecule has 0 spiro atoms. The third kappa shape index (κ3) is 4.09. The van der Waals surface area contributed by atoms with Gasteiger partial charge in [0, 0.05) is 19.2 Å². The smallest absolute Gasteiger partial charge is 0.244 e. The van der Waals surface area contributed by atoms with E-state index in [2.05, 4.69) is 4.72 Å². The van der Waals surface area contributed by atoms with Gasteiger partial charge in [-0.2, -0.15) is 0 Å². The zero-order chi connectivity index (χ0) is 14.5. The Morgan fingerprint density at radius 3 is 2.42 bits per heavy atom. The van der Waals surface area contributed by atoms with Gasteiger partial charge in [-0.3, -0.25) is 0 Å². The lowest BCUT2D eigenvalue weighted by Crippen LogP contribution is -2.35. The molecular weight excluding hydrogens is 270 g/mol. The van der Waals surface area contributed by atoms with Crippen LogP contribution in [0.1, 0.15) is 6.92 Å². The lowest BCUT2D eigenvalue weighted by atomic mass is 10.3. The molecule has 6 nitrogen and oxygen atoms in total. The number of nitrogens with one attached hydrogen (secondary N) is 1. The van der Waals surface area contributed by atoms with E-state index in [1.165, 1.54) is 27.4 Å². The Labute approximate surface area is 113 Å². The molecule has 0 amide bonds. The summed E-state index contributed by atoms with van der Waals surface area (Å²) in [5.74, 6) is 0.707. The van der Waals surface area contributed by atoms with Crippen molar-refractivity contribution in [3.8, 4) is 11.5 Å². The van der Waals surface area contributed by atoms with Crippen LogP contribution in [0.3, 0.4) is 0 Å². The molecule has 0 aliphatic rings. The fourth-order valence-electron chi connectivity index (χ4n) is 1.61. The predicted molar refractivity (Wildman–Crippen MR) is 71.2 cm³/mol. The lowest BCUT2D eigenvalue weighted by Gasteiger charge is -2.15. The number of hydrogen-bond donors (Lipinski definition) is 1. The Kier molecular flexibility index (Phi) is 5.59. The first-order chi connectivity index (χ1) is 8.94. The van der Waals surface area contributed by atoms with Gasteiger partial charge in [-0.25, -0.2) is 13.1 Å². The first-order valence-electron chi connectivity index (χ1n) is 5.68. The molecule has 0 saturated carbocycles. The highest BCUT2D eigenvalue weighted by Gasteiger charge is 2.22. The number of sulfonamides is 1. The van der Waals surface area contributed by atoms with Crippen LogP contribution >= 0.6 is 0 Å². The third-order valence-electron chi connectivity index (χ3n) is 2.43. The number of hydrogen-bond acceptors (Lipinski definition) is 5. The van der Waals surface area contributed by atoms with Crippen molar-refractivity contribution in [2.24, 2.45) is 0 Å². The van der Waals surface area contributed by atoms with Gasteiger partial charge in [0.15, 0.2) is 0 Å². The van der Waals surface area contributed by atoms with Gasteiger partial charge in [-0.05, 0) is 19.1 Å². The van der Waals surface area contributed by atoms with Crippen LogP contribution in [0.15, 0.2) is 23.1 Å². The molecule has 1 N–H and O–H groups in total. The van der Waals surface area contributed by atoms with E-state index in [4.69, 9.17) is 14.2 Å². The van der Waals surface area contributed by atoms with E-state index in [1.807, 2.05) is 0 Å². The van der Waals surface area contributed by atoms with Gasteiger partial charge in [-0.1, -0.05) is 0 Å². The van der Waals surface area contributed by atoms with E-state index in [-0.39, 0.29) is 23.3 Å². The normalized spacial score (nSPS) is 13.1. The number of benzene rings is 1. The van der Waals surface area contributed by atoms with Crippen molar-refractivity contribution in [2.75, 3.05) is 27.9 Å². The van der Waals surface area contributed by atoms with Crippen LogP contribution < -0.4 is 14.2 Å². The van der Waals surface area contributed by atoms with E-state index in [1.54, 1.807) is 19.1 Å². The number of rotatable bonds is 7. The molecular formula is C12H19NO5S. The molecule has 1 atom stereocenters.